The number of ketones is 1. The third-order valence-corrected chi connectivity index (χ3v) is 3.42. The van der Waals surface area contributed by atoms with Crippen LogP contribution in [-0.2, 0) is 0 Å². The number of rotatable bonds is 2. The molecule has 0 saturated carbocycles. The summed E-state index contributed by atoms with van der Waals surface area (Å²) in [5, 5.41) is 9.55. The zero-order chi connectivity index (χ0) is 15.0. The molecule has 0 bridgehead atoms. The van der Waals surface area contributed by atoms with Crippen molar-refractivity contribution in [2.24, 2.45) is 0 Å². The van der Waals surface area contributed by atoms with Gasteiger partial charge in [-0.05, 0) is 36.8 Å². The van der Waals surface area contributed by atoms with Gasteiger partial charge in [-0.15, -0.1) is 0 Å². The number of nitrogens with one attached hydrogen (secondary N) is 1. The number of nitrogens with zero attached hydrogens (tertiary/aromatic N) is 1. The first-order valence-corrected chi connectivity index (χ1v) is 6.42. The summed E-state index contributed by atoms with van der Waals surface area (Å²) in [6.45, 7) is 1.77. The van der Waals surface area contributed by atoms with Crippen LogP contribution in [0.2, 0.25) is 0 Å². The molecule has 0 saturated heterocycles. The van der Waals surface area contributed by atoms with Crippen LogP contribution in [0.3, 0.4) is 0 Å². The maximum atomic E-state index is 13.9. The van der Waals surface area contributed by atoms with Crippen molar-refractivity contribution in [2.45, 2.75) is 6.92 Å². The fraction of sp³-hybridized carbons (Fsp3) is 0.0588. The number of aryl methyl sites for hydroxylation is 1. The van der Waals surface area contributed by atoms with Crippen molar-refractivity contribution in [1.82, 2.24) is 4.98 Å². The number of fused-ring (bicyclic) bond motifs is 1. The van der Waals surface area contributed by atoms with Gasteiger partial charge in [-0.2, -0.15) is 5.26 Å². The van der Waals surface area contributed by atoms with Crippen molar-refractivity contribution in [3.63, 3.8) is 0 Å². The van der Waals surface area contributed by atoms with Gasteiger partial charge in [0.05, 0.1) is 17.2 Å². The van der Waals surface area contributed by atoms with Crippen LogP contribution in [-0.4, -0.2) is 10.8 Å². The normalized spacial score (nSPS) is 10.5. The Balaban J connectivity index is 2.12. The molecule has 3 nitrogen and oxygen atoms in total. The Morgan fingerprint density at radius 2 is 2.00 bits per heavy atom. The van der Waals surface area contributed by atoms with Gasteiger partial charge in [0.15, 0.2) is 5.78 Å². The standard InChI is InChI=1S/C17H11FN2O/c1-10-2-4-13(15(18)6-10)17(21)14-9-20-16-7-11(8-19)3-5-12(14)16/h2-7,9,20H,1H3. The molecule has 1 heterocycles. The molecule has 2 aromatic carbocycles. The second-order valence-electron chi connectivity index (χ2n) is 4.89. The molecule has 102 valence electrons. The second-order valence-corrected chi connectivity index (χ2v) is 4.89. The van der Waals surface area contributed by atoms with Gasteiger partial charge in [0.25, 0.3) is 0 Å². The van der Waals surface area contributed by atoms with Gasteiger partial charge < -0.3 is 4.98 Å². The average Bonchev–Trinajstić information content (AvgIpc) is 2.89. The summed E-state index contributed by atoms with van der Waals surface area (Å²) < 4.78 is 13.9. The first-order chi connectivity index (χ1) is 10.1. The third kappa shape index (κ3) is 2.19. The Morgan fingerprint density at radius 3 is 2.71 bits per heavy atom. The van der Waals surface area contributed by atoms with Crippen LogP contribution in [0, 0.1) is 24.1 Å². The van der Waals surface area contributed by atoms with Gasteiger partial charge in [0, 0.05) is 22.7 Å². The third-order valence-electron chi connectivity index (χ3n) is 3.42. The van der Waals surface area contributed by atoms with Gasteiger partial charge in [-0.3, -0.25) is 4.79 Å². The average molecular weight is 278 g/mol. The first kappa shape index (κ1) is 13.1. The van der Waals surface area contributed by atoms with E-state index in [1.807, 2.05) is 6.07 Å². The number of aromatic nitrogens is 1. The minimum Gasteiger partial charge on any atom is -0.360 e. The molecule has 21 heavy (non-hydrogen) atoms. The van der Waals surface area contributed by atoms with Gasteiger partial charge in [-0.1, -0.05) is 12.1 Å². The molecular formula is C17H11FN2O. The number of halogens is 1. The van der Waals surface area contributed by atoms with Crippen molar-refractivity contribution < 1.29 is 9.18 Å². The van der Waals surface area contributed by atoms with Gasteiger partial charge >= 0.3 is 0 Å². The maximum absolute atomic E-state index is 13.9. The van der Waals surface area contributed by atoms with E-state index < -0.39 is 5.82 Å². The van der Waals surface area contributed by atoms with Crippen molar-refractivity contribution >= 4 is 16.7 Å². The Kier molecular flexibility index (Phi) is 3.03. The highest BCUT2D eigenvalue weighted by atomic mass is 19.1. The lowest BCUT2D eigenvalue weighted by molar-refractivity contribution is 0.103. The molecule has 4 heteroatoms. The summed E-state index contributed by atoms with van der Waals surface area (Å²) >= 11 is 0. The van der Waals surface area contributed by atoms with E-state index in [4.69, 9.17) is 5.26 Å². The van der Waals surface area contributed by atoms with E-state index >= 15 is 0 Å². The van der Waals surface area contributed by atoms with E-state index in [2.05, 4.69) is 4.98 Å². The summed E-state index contributed by atoms with van der Waals surface area (Å²) in [6, 6.07) is 11.6. The molecule has 3 aromatic rings. The van der Waals surface area contributed by atoms with Crippen LogP contribution in [0.5, 0.6) is 0 Å². The number of carbonyl (C=O) groups is 1. The number of hydrogen-bond acceptors (Lipinski definition) is 2. The van der Waals surface area contributed by atoms with Crippen molar-refractivity contribution in [2.75, 3.05) is 0 Å². The zero-order valence-corrected chi connectivity index (χ0v) is 11.3. The van der Waals surface area contributed by atoms with E-state index in [1.165, 1.54) is 12.1 Å². The molecule has 0 aliphatic rings. The number of H-pyrrole nitrogens is 1. The zero-order valence-electron chi connectivity index (χ0n) is 11.3. The van der Waals surface area contributed by atoms with Crippen molar-refractivity contribution in [3.8, 4) is 6.07 Å². The van der Waals surface area contributed by atoms with Crippen LogP contribution in [0.4, 0.5) is 4.39 Å². The summed E-state index contributed by atoms with van der Waals surface area (Å²) in [4.78, 5) is 15.4. The van der Waals surface area contributed by atoms with E-state index in [9.17, 15) is 9.18 Å². The van der Waals surface area contributed by atoms with Crippen LogP contribution >= 0.6 is 0 Å². The minimum atomic E-state index is -0.525. The Bertz CT molecular complexity index is 903. The Hall–Kier alpha value is -2.93. The quantitative estimate of drug-likeness (QED) is 0.726. The highest BCUT2D eigenvalue weighted by Gasteiger charge is 2.17. The number of carbonyl (C=O) groups excluding carboxylic acids is 1. The molecule has 0 amide bonds. The maximum Gasteiger partial charge on any atom is 0.198 e. The fourth-order valence-electron chi connectivity index (χ4n) is 2.33. The Morgan fingerprint density at radius 1 is 1.19 bits per heavy atom. The number of nitriles is 1. The summed E-state index contributed by atoms with van der Waals surface area (Å²) in [7, 11) is 0. The minimum absolute atomic E-state index is 0.0471. The smallest absolute Gasteiger partial charge is 0.198 e. The topological polar surface area (TPSA) is 56.6 Å². The largest absolute Gasteiger partial charge is 0.360 e. The molecule has 0 atom stereocenters. The first-order valence-electron chi connectivity index (χ1n) is 6.42. The van der Waals surface area contributed by atoms with Crippen LogP contribution in [0.1, 0.15) is 27.0 Å². The van der Waals surface area contributed by atoms with Gasteiger partial charge in [0.2, 0.25) is 0 Å². The SMILES string of the molecule is Cc1ccc(C(=O)c2c[nH]c3cc(C#N)ccc23)c(F)c1. The van der Waals surface area contributed by atoms with Crippen LogP contribution < -0.4 is 0 Å². The predicted molar refractivity (Wildman–Crippen MR) is 77.6 cm³/mol. The van der Waals surface area contributed by atoms with Crippen molar-refractivity contribution in [3.05, 3.63) is 70.7 Å². The number of hydrogen-bond donors (Lipinski definition) is 1. The molecule has 0 aliphatic heterocycles. The predicted octanol–water partition coefficient (Wildman–Crippen LogP) is 3.72. The molecular weight excluding hydrogens is 267 g/mol. The molecule has 0 spiro atoms. The van der Waals surface area contributed by atoms with E-state index in [0.29, 0.717) is 22.0 Å². The number of benzene rings is 2. The number of aromatic amines is 1. The Labute approximate surface area is 120 Å². The van der Waals surface area contributed by atoms with E-state index in [-0.39, 0.29) is 11.3 Å². The molecule has 0 unspecified atom stereocenters. The van der Waals surface area contributed by atoms with Crippen LogP contribution in [0.15, 0.2) is 42.6 Å². The second kappa shape index (κ2) is 4.88. The molecule has 3 rings (SSSR count). The highest BCUT2D eigenvalue weighted by molar-refractivity contribution is 6.16. The lowest BCUT2D eigenvalue weighted by atomic mass is 10.0. The highest BCUT2D eigenvalue weighted by Crippen LogP contribution is 2.23. The fourth-order valence-corrected chi connectivity index (χ4v) is 2.33. The summed E-state index contributed by atoms with van der Waals surface area (Å²) in [6.07, 6.45) is 1.55. The molecule has 0 aliphatic carbocycles. The van der Waals surface area contributed by atoms with E-state index in [1.54, 1.807) is 37.4 Å². The summed E-state index contributed by atoms with van der Waals surface area (Å²) in [5.74, 6) is -0.897. The molecule has 0 fully saturated rings. The van der Waals surface area contributed by atoms with Crippen LogP contribution in [0.25, 0.3) is 10.9 Å². The van der Waals surface area contributed by atoms with Crippen molar-refractivity contribution in [1.29, 1.82) is 5.26 Å². The van der Waals surface area contributed by atoms with Gasteiger partial charge in [0.1, 0.15) is 5.82 Å². The lowest BCUT2D eigenvalue weighted by Crippen LogP contribution is -2.03. The molecule has 1 N–H and O–H groups in total. The van der Waals surface area contributed by atoms with Gasteiger partial charge in [-0.25, -0.2) is 4.39 Å². The molecule has 0 radical (unpaired) electrons. The molecule has 1 aromatic heterocycles. The summed E-state index contributed by atoms with van der Waals surface area (Å²) in [5.41, 5.74) is 2.40. The van der Waals surface area contributed by atoms with E-state index in [0.717, 1.165) is 5.56 Å². The monoisotopic (exact) mass is 278 g/mol. The lowest BCUT2D eigenvalue weighted by Gasteiger charge is -2.03.